The zero-order chi connectivity index (χ0) is 10.7. The van der Waals surface area contributed by atoms with E-state index in [1.54, 1.807) is 0 Å². The third-order valence-electron chi connectivity index (χ3n) is 2.85. The van der Waals surface area contributed by atoms with Gasteiger partial charge >= 0.3 is 0 Å². The van der Waals surface area contributed by atoms with E-state index < -0.39 is 0 Å². The van der Waals surface area contributed by atoms with E-state index in [2.05, 4.69) is 24.0 Å². The lowest BCUT2D eigenvalue weighted by Gasteiger charge is -2.30. The number of rotatable bonds is 3. The summed E-state index contributed by atoms with van der Waals surface area (Å²) in [4.78, 5) is 2.19. The van der Waals surface area contributed by atoms with Gasteiger partial charge in [0.05, 0.1) is 25.4 Å². The summed E-state index contributed by atoms with van der Waals surface area (Å²) >= 11 is 0. The van der Waals surface area contributed by atoms with Crippen LogP contribution in [-0.4, -0.2) is 37.0 Å². The zero-order valence-electron chi connectivity index (χ0n) is 8.97. The van der Waals surface area contributed by atoms with Gasteiger partial charge in [0.25, 0.3) is 0 Å². The summed E-state index contributed by atoms with van der Waals surface area (Å²) < 4.78 is 5.28. The number of aliphatic hydroxyl groups excluding tert-OH is 1. The van der Waals surface area contributed by atoms with Crippen LogP contribution in [0.5, 0.6) is 0 Å². The number of para-hydroxylation sites is 1. The number of likely N-dealkylation sites (N-methyl/N-ethyl adjacent to an activating group) is 1. The van der Waals surface area contributed by atoms with Crippen molar-refractivity contribution in [2.45, 2.75) is 19.1 Å². The molecule has 3 nitrogen and oxygen atoms in total. The molecule has 2 atom stereocenters. The Morgan fingerprint density at radius 1 is 1.33 bits per heavy atom. The van der Waals surface area contributed by atoms with E-state index in [-0.39, 0.29) is 12.1 Å². The van der Waals surface area contributed by atoms with Crippen LogP contribution in [0, 0.1) is 0 Å². The van der Waals surface area contributed by atoms with Gasteiger partial charge in [0.2, 0.25) is 0 Å². The minimum Gasteiger partial charge on any atom is -0.388 e. The monoisotopic (exact) mass is 207 g/mol. The maximum atomic E-state index is 9.79. The molecule has 82 valence electrons. The number of aliphatic hydroxyl groups is 1. The molecule has 0 unspecified atom stereocenters. The van der Waals surface area contributed by atoms with Gasteiger partial charge in [-0.2, -0.15) is 0 Å². The van der Waals surface area contributed by atoms with Crippen LogP contribution < -0.4 is 4.90 Å². The Morgan fingerprint density at radius 2 is 2.07 bits per heavy atom. The molecule has 1 aliphatic rings. The molecule has 0 radical (unpaired) electrons. The second-order valence-electron chi connectivity index (χ2n) is 3.79. The molecule has 1 heterocycles. The van der Waals surface area contributed by atoms with Crippen molar-refractivity contribution >= 4 is 5.69 Å². The second-order valence-corrected chi connectivity index (χ2v) is 3.79. The normalized spacial score (nSPS) is 25.5. The predicted octanol–water partition coefficient (Wildman–Crippen LogP) is 1.27. The van der Waals surface area contributed by atoms with Crippen LogP contribution in [0.25, 0.3) is 0 Å². The van der Waals surface area contributed by atoms with E-state index in [0.717, 1.165) is 12.2 Å². The average molecular weight is 207 g/mol. The summed E-state index contributed by atoms with van der Waals surface area (Å²) in [6, 6.07) is 10.2. The third-order valence-corrected chi connectivity index (χ3v) is 2.85. The summed E-state index contributed by atoms with van der Waals surface area (Å²) in [6.07, 6.45) is -0.370. The highest BCUT2D eigenvalue weighted by molar-refractivity contribution is 5.47. The number of ether oxygens (including phenoxy) is 1. The number of anilines is 1. The number of nitrogens with zero attached hydrogens (tertiary/aromatic N) is 1. The van der Waals surface area contributed by atoms with E-state index in [9.17, 15) is 5.11 Å². The largest absolute Gasteiger partial charge is 0.388 e. The highest BCUT2D eigenvalue weighted by atomic mass is 16.5. The molecule has 0 aliphatic carbocycles. The zero-order valence-corrected chi connectivity index (χ0v) is 8.97. The van der Waals surface area contributed by atoms with E-state index >= 15 is 0 Å². The molecular formula is C12H17NO2. The van der Waals surface area contributed by atoms with E-state index in [4.69, 9.17) is 4.74 Å². The van der Waals surface area contributed by atoms with Crippen molar-refractivity contribution in [3.05, 3.63) is 30.3 Å². The highest BCUT2D eigenvalue weighted by Crippen LogP contribution is 2.21. The second kappa shape index (κ2) is 4.64. The Morgan fingerprint density at radius 3 is 2.60 bits per heavy atom. The van der Waals surface area contributed by atoms with E-state index in [1.807, 2.05) is 18.2 Å². The first-order valence-electron chi connectivity index (χ1n) is 5.40. The first-order valence-corrected chi connectivity index (χ1v) is 5.40. The molecule has 3 heteroatoms. The molecule has 0 aromatic heterocycles. The molecule has 2 rings (SSSR count). The molecule has 1 N–H and O–H groups in total. The summed E-state index contributed by atoms with van der Waals surface area (Å²) in [6.45, 7) is 4.05. The Kier molecular flexibility index (Phi) is 3.23. The summed E-state index contributed by atoms with van der Waals surface area (Å²) in [5.41, 5.74) is 1.15. The topological polar surface area (TPSA) is 32.7 Å². The highest BCUT2D eigenvalue weighted by Gasteiger charge is 2.30. The molecule has 1 fully saturated rings. The van der Waals surface area contributed by atoms with E-state index in [0.29, 0.717) is 13.2 Å². The summed E-state index contributed by atoms with van der Waals surface area (Å²) in [5.74, 6) is 0. The Labute approximate surface area is 90.3 Å². The van der Waals surface area contributed by atoms with Gasteiger partial charge in [-0.05, 0) is 19.1 Å². The van der Waals surface area contributed by atoms with Gasteiger partial charge in [-0.25, -0.2) is 0 Å². The van der Waals surface area contributed by atoms with Crippen LogP contribution in [0.2, 0.25) is 0 Å². The van der Waals surface area contributed by atoms with Crippen molar-refractivity contribution < 1.29 is 9.84 Å². The van der Waals surface area contributed by atoms with Crippen LogP contribution in [-0.2, 0) is 4.74 Å². The van der Waals surface area contributed by atoms with Crippen LogP contribution in [0.1, 0.15) is 6.92 Å². The molecule has 15 heavy (non-hydrogen) atoms. The number of benzene rings is 1. The maximum absolute atomic E-state index is 9.79. The van der Waals surface area contributed by atoms with Crippen molar-refractivity contribution in [1.29, 1.82) is 0 Å². The van der Waals surface area contributed by atoms with Crippen molar-refractivity contribution in [3.63, 3.8) is 0 Å². The number of hydrogen-bond donors (Lipinski definition) is 1. The average Bonchev–Trinajstić information content (AvgIpc) is 2.68. The van der Waals surface area contributed by atoms with Crippen molar-refractivity contribution in [3.8, 4) is 0 Å². The first kappa shape index (κ1) is 10.5. The summed E-state index contributed by atoms with van der Waals surface area (Å²) in [7, 11) is 0. The van der Waals surface area contributed by atoms with Gasteiger partial charge in [0, 0.05) is 12.2 Å². The summed E-state index contributed by atoms with van der Waals surface area (Å²) in [5, 5.41) is 9.79. The molecule has 1 saturated heterocycles. The Bertz CT molecular complexity index is 302. The fraction of sp³-hybridized carbons (Fsp3) is 0.500. The first-order chi connectivity index (χ1) is 7.33. The van der Waals surface area contributed by atoms with Crippen LogP contribution >= 0.6 is 0 Å². The van der Waals surface area contributed by atoms with Crippen LogP contribution in [0.4, 0.5) is 5.69 Å². The SMILES string of the molecule is CCN(c1ccccc1)[C@@H]1COC[C@H]1O. The fourth-order valence-electron chi connectivity index (χ4n) is 2.06. The molecule has 0 bridgehead atoms. The van der Waals surface area contributed by atoms with Gasteiger partial charge in [-0.1, -0.05) is 18.2 Å². The van der Waals surface area contributed by atoms with Gasteiger partial charge in [-0.3, -0.25) is 0 Å². The van der Waals surface area contributed by atoms with Crippen LogP contribution in [0.3, 0.4) is 0 Å². The smallest absolute Gasteiger partial charge is 0.0998 e. The lowest BCUT2D eigenvalue weighted by atomic mass is 10.1. The minimum absolute atomic E-state index is 0.0948. The van der Waals surface area contributed by atoms with Gasteiger partial charge in [-0.15, -0.1) is 0 Å². The molecule has 1 aromatic rings. The molecular weight excluding hydrogens is 190 g/mol. The molecule has 1 aromatic carbocycles. The van der Waals surface area contributed by atoms with Gasteiger partial charge in [0.15, 0.2) is 0 Å². The Balaban J connectivity index is 2.17. The van der Waals surface area contributed by atoms with Gasteiger partial charge in [0.1, 0.15) is 0 Å². The van der Waals surface area contributed by atoms with E-state index in [1.165, 1.54) is 0 Å². The van der Waals surface area contributed by atoms with Crippen LogP contribution in [0.15, 0.2) is 30.3 Å². The van der Waals surface area contributed by atoms with Gasteiger partial charge < -0.3 is 14.7 Å². The molecule has 0 spiro atoms. The third kappa shape index (κ3) is 2.13. The molecule has 0 amide bonds. The molecule has 1 aliphatic heterocycles. The standard InChI is InChI=1S/C12H17NO2/c1-2-13(10-6-4-3-5-7-10)11-8-15-9-12(11)14/h3-7,11-12,14H,2,8-9H2,1H3/t11-,12-/m1/s1. The molecule has 0 saturated carbocycles. The maximum Gasteiger partial charge on any atom is 0.0998 e. The lowest BCUT2D eigenvalue weighted by Crippen LogP contribution is -2.43. The Hall–Kier alpha value is -1.06. The van der Waals surface area contributed by atoms with Crippen molar-refractivity contribution in [1.82, 2.24) is 0 Å². The minimum atomic E-state index is -0.370. The predicted molar refractivity (Wildman–Crippen MR) is 60.1 cm³/mol. The lowest BCUT2D eigenvalue weighted by molar-refractivity contribution is 0.124. The van der Waals surface area contributed by atoms with Crippen molar-refractivity contribution in [2.24, 2.45) is 0 Å². The van der Waals surface area contributed by atoms with Crippen molar-refractivity contribution in [2.75, 3.05) is 24.7 Å². The quantitative estimate of drug-likeness (QED) is 0.810. The fourth-order valence-corrected chi connectivity index (χ4v) is 2.06. The number of hydrogen-bond acceptors (Lipinski definition) is 3.